The van der Waals surface area contributed by atoms with E-state index in [0.29, 0.717) is 0 Å². The van der Waals surface area contributed by atoms with Crippen molar-refractivity contribution in [2.75, 3.05) is 5.73 Å². The van der Waals surface area contributed by atoms with Crippen molar-refractivity contribution in [3.63, 3.8) is 0 Å². The van der Waals surface area contributed by atoms with Gasteiger partial charge in [-0.15, -0.1) is 11.3 Å². The predicted molar refractivity (Wildman–Crippen MR) is 83.9 cm³/mol. The van der Waals surface area contributed by atoms with Gasteiger partial charge in [0.05, 0.1) is 13.8 Å². The molecule has 0 radical (unpaired) electrons. The second-order valence-corrected chi connectivity index (χ2v) is 5.96. The maximum absolute atomic E-state index is 9.29. The number of aromatic nitrogens is 1. The summed E-state index contributed by atoms with van der Waals surface area (Å²) in [5.74, 6) is 0.263. The minimum atomic E-state index is 0.263. The molecular weight excluding hydrogens is 359 g/mol. The van der Waals surface area contributed by atoms with Crippen molar-refractivity contribution in [2.24, 2.45) is 0 Å². The van der Waals surface area contributed by atoms with Crippen molar-refractivity contribution >= 4 is 49.8 Å². The lowest BCUT2D eigenvalue weighted by Crippen LogP contribution is -1.87. The monoisotopic (exact) mass is 368 g/mol. The predicted octanol–water partition coefficient (Wildman–Crippen LogP) is 3.86. The molecule has 0 aliphatic carbocycles. The van der Waals surface area contributed by atoms with Crippen LogP contribution in [0.3, 0.4) is 0 Å². The Hall–Kier alpha value is -1.34. The summed E-state index contributed by atoms with van der Waals surface area (Å²) in [6.07, 6.45) is 0. The van der Waals surface area contributed by atoms with Crippen LogP contribution < -0.4 is 5.73 Å². The second-order valence-electron chi connectivity index (χ2n) is 3.88. The number of nitrogen functional groups attached to an aromatic ring is 1. The molecule has 2 aromatic carbocycles. The van der Waals surface area contributed by atoms with Gasteiger partial charge in [0.15, 0.2) is 0 Å². The van der Waals surface area contributed by atoms with Crippen LogP contribution in [0.5, 0.6) is 5.75 Å². The van der Waals surface area contributed by atoms with E-state index in [0.717, 1.165) is 30.0 Å². The highest BCUT2D eigenvalue weighted by atomic mass is 127. The summed E-state index contributed by atoms with van der Waals surface area (Å²) in [5.41, 5.74) is 8.64. The van der Waals surface area contributed by atoms with Crippen LogP contribution in [-0.2, 0) is 0 Å². The molecule has 0 saturated heterocycles. The van der Waals surface area contributed by atoms with Crippen molar-refractivity contribution < 1.29 is 5.11 Å². The van der Waals surface area contributed by atoms with Gasteiger partial charge in [0.1, 0.15) is 10.8 Å². The van der Waals surface area contributed by atoms with E-state index in [1.54, 1.807) is 23.5 Å². The van der Waals surface area contributed by atoms with E-state index >= 15 is 0 Å². The van der Waals surface area contributed by atoms with Gasteiger partial charge in [-0.2, -0.15) is 0 Å². The van der Waals surface area contributed by atoms with Crippen LogP contribution in [0.15, 0.2) is 36.4 Å². The zero-order valence-corrected chi connectivity index (χ0v) is 12.2. The highest BCUT2D eigenvalue weighted by Gasteiger charge is 2.10. The summed E-state index contributed by atoms with van der Waals surface area (Å²) < 4.78 is 2.16. The zero-order valence-electron chi connectivity index (χ0n) is 9.22. The molecule has 1 heterocycles. The smallest absolute Gasteiger partial charge is 0.124 e. The first-order valence-corrected chi connectivity index (χ1v) is 7.18. The first-order valence-electron chi connectivity index (χ1n) is 5.29. The van der Waals surface area contributed by atoms with E-state index in [1.807, 2.05) is 24.3 Å². The van der Waals surface area contributed by atoms with Gasteiger partial charge in [-0.1, -0.05) is 0 Å². The van der Waals surface area contributed by atoms with Crippen molar-refractivity contribution in [2.45, 2.75) is 0 Å². The molecule has 0 saturated carbocycles. The van der Waals surface area contributed by atoms with Crippen LogP contribution in [0, 0.1) is 3.57 Å². The SMILES string of the molecule is Nc1ccc2nc(-c3ccc(O)cc3)sc2c1I. The Bertz CT molecular complexity index is 722. The van der Waals surface area contributed by atoms with E-state index in [4.69, 9.17) is 5.73 Å². The van der Waals surface area contributed by atoms with Crippen molar-refractivity contribution in [3.05, 3.63) is 40.0 Å². The highest BCUT2D eigenvalue weighted by molar-refractivity contribution is 14.1. The number of halogens is 1. The number of anilines is 1. The minimum Gasteiger partial charge on any atom is -0.508 e. The topological polar surface area (TPSA) is 59.1 Å². The Morgan fingerprint density at radius 2 is 1.83 bits per heavy atom. The van der Waals surface area contributed by atoms with Crippen LogP contribution in [0.1, 0.15) is 0 Å². The van der Waals surface area contributed by atoms with E-state index in [1.165, 1.54) is 0 Å². The zero-order chi connectivity index (χ0) is 12.7. The van der Waals surface area contributed by atoms with Gasteiger partial charge in [0.2, 0.25) is 0 Å². The molecule has 3 rings (SSSR count). The quantitative estimate of drug-likeness (QED) is 0.507. The van der Waals surface area contributed by atoms with Crippen LogP contribution in [0.2, 0.25) is 0 Å². The Morgan fingerprint density at radius 1 is 1.11 bits per heavy atom. The molecule has 5 heteroatoms. The van der Waals surface area contributed by atoms with Gasteiger partial charge in [-0.25, -0.2) is 4.98 Å². The Kier molecular flexibility index (Phi) is 2.87. The molecule has 1 aromatic heterocycles. The van der Waals surface area contributed by atoms with E-state index in [2.05, 4.69) is 27.6 Å². The number of hydrogen-bond donors (Lipinski definition) is 2. The number of hydrogen-bond acceptors (Lipinski definition) is 4. The first kappa shape index (κ1) is 11.7. The fourth-order valence-corrected chi connectivity index (χ4v) is 3.51. The third-order valence-electron chi connectivity index (χ3n) is 2.64. The second kappa shape index (κ2) is 4.40. The molecule has 18 heavy (non-hydrogen) atoms. The number of thiazole rings is 1. The summed E-state index contributed by atoms with van der Waals surface area (Å²) in [6, 6.07) is 10.9. The number of nitrogens with two attached hydrogens (primary N) is 1. The third-order valence-corrected chi connectivity index (χ3v) is 5.31. The average Bonchev–Trinajstić information content (AvgIpc) is 2.80. The number of benzene rings is 2. The van der Waals surface area contributed by atoms with Gasteiger partial charge in [-0.05, 0) is 59.0 Å². The summed E-state index contributed by atoms with van der Waals surface area (Å²) in [6.45, 7) is 0. The van der Waals surface area contributed by atoms with Crippen LogP contribution in [-0.4, -0.2) is 10.1 Å². The maximum Gasteiger partial charge on any atom is 0.124 e. The number of nitrogens with zero attached hydrogens (tertiary/aromatic N) is 1. The van der Waals surface area contributed by atoms with Gasteiger partial charge >= 0.3 is 0 Å². The molecule has 0 amide bonds. The van der Waals surface area contributed by atoms with Gasteiger partial charge < -0.3 is 10.8 Å². The molecule has 0 atom stereocenters. The number of phenols is 1. The number of aromatic hydroxyl groups is 1. The van der Waals surface area contributed by atoms with Crippen molar-refractivity contribution in [1.82, 2.24) is 4.98 Å². The van der Waals surface area contributed by atoms with Crippen molar-refractivity contribution in [1.29, 1.82) is 0 Å². The molecule has 0 spiro atoms. The van der Waals surface area contributed by atoms with Crippen LogP contribution >= 0.6 is 33.9 Å². The van der Waals surface area contributed by atoms with Crippen molar-refractivity contribution in [3.8, 4) is 16.3 Å². The number of rotatable bonds is 1. The average molecular weight is 368 g/mol. The van der Waals surface area contributed by atoms with E-state index < -0.39 is 0 Å². The summed E-state index contributed by atoms with van der Waals surface area (Å²) in [5, 5.41) is 10.2. The highest BCUT2D eigenvalue weighted by Crippen LogP contribution is 2.35. The summed E-state index contributed by atoms with van der Waals surface area (Å²) >= 11 is 3.86. The molecule has 3 aromatic rings. The molecule has 0 bridgehead atoms. The standard InChI is InChI=1S/C13H9IN2OS/c14-11-9(15)5-6-10-12(11)18-13(16-10)7-1-3-8(17)4-2-7/h1-6,17H,15H2. The van der Waals surface area contributed by atoms with E-state index in [-0.39, 0.29) is 5.75 Å². The lowest BCUT2D eigenvalue weighted by atomic mass is 10.2. The normalized spacial score (nSPS) is 10.9. The molecular formula is C13H9IN2OS. The minimum absolute atomic E-state index is 0.263. The molecule has 0 unspecified atom stereocenters. The fourth-order valence-electron chi connectivity index (χ4n) is 1.70. The van der Waals surface area contributed by atoms with Crippen LogP contribution in [0.4, 0.5) is 5.69 Å². The molecule has 3 nitrogen and oxygen atoms in total. The summed E-state index contributed by atoms with van der Waals surface area (Å²) in [4.78, 5) is 4.59. The molecule has 3 N–H and O–H groups in total. The fraction of sp³-hybridized carbons (Fsp3) is 0. The first-order chi connectivity index (χ1) is 8.65. The third kappa shape index (κ3) is 1.93. The Labute approximate surface area is 121 Å². The molecule has 0 fully saturated rings. The largest absolute Gasteiger partial charge is 0.508 e. The lowest BCUT2D eigenvalue weighted by Gasteiger charge is -1.96. The van der Waals surface area contributed by atoms with Gasteiger partial charge in [0, 0.05) is 11.3 Å². The Morgan fingerprint density at radius 3 is 2.56 bits per heavy atom. The van der Waals surface area contributed by atoms with Gasteiger partial charge in [0.25, 0.3) is 0 Å². The van der Waals surface area contributed by atoms with Gasteiger partial charge in [-0.3, -0.25) is 0 Å². The molecule has 90 valence electrons. The maximum atomic E-state index is 9.29. The molecule has 0 aliphatic heterocycles. The molecule has 0 aliphatic rings. The number of phenolic OH excluding ortho intramolecular Hbond substituents is 1. The lowest BCUT2D eigenvalue weighted by molar-refractivity contribution is 0.475. The van der Waals surface area contributed by atoms with Crippen LogP contribution in [0.25, 0.3) is 20.8 Å². The van der Waals surface area contributed by atoms with E-state index in [9.17, 15) is 5.11 Å². The number of fused-ring (bicyclic) bond motifs is 1. The summed E-state index contributed by atoms with van der Waals surface area (Å²) in [7, 11) is 0. The Balaban J connectivity index is 2.19.